The highest BCUT2D eigenvalue weighted by Gasteiger charge is 2.26. The minimum atomic E-state index is -3.90. The van der Waals surface area contributed by atoms with Gasteiger partial charge in [0, 0.05) is 22.3 Å². The minimum absolute atomic E-state index is 0.0659. The molecule has 0 aliphatic rings. The summed E-state index contributed by atoms with van der Waals surface area (Å²) in [7, 11) is -3.90. The van der Waals surface area contributed by atoms with Crippen molar-refractivity contribution in [3.05, 3.63) is 118 Å². The third kappa shape index (κ3) is 7.78. The molecule has 1 heterocycles. The Balaban J connectivity index is 1.42. The number of hydrogen-bond donors (Lipinski definition) is 2. The third-order valence-electron chi connectivity index (χ3n) is 5.33. The lowest BCUT2D eigenvalue weighted by Crippen LogP contribution is -2.32. The fraction of sp³-hybridized carbons (Fsp3) is 0.0741. The van der Waals surface area contributed by atoms with Crippen molar-refractivity contribution in [1.82, 2.24) is 9.73 Å². The molecule has 2 N–H and O–H groups in total. The van der Waals surface area contributed by atoms with Gasteiger partial charge in [0.15, 0.2) is 0 Å². The summed E-state index contributed by atoms with van der Waals surface area (Å²) in [5.74, 6) is -1.32. The fourth-order valence-corrected chi connectivity index (χ4v) is 5.06. The Morgan fingerprint density at radius 1 is 0.821 bits per heavy atom. The van der Waals surface area contributed by atoms with Crippen LogP contribution in [0.5, 0.6) is 0 Å². The molecule has 0 atom stereocenters. The molecule has 200 valence electrons. The lowest BCUT2D eigenvalue weighted by atomic mass is 10.2. The van der Waals surface area contributed by atoms with Gasteiger partial charge >= 0.3 is 11.8 Å². The first-order valence-corrected chi connectivity index (χ1v) is 13.7. The summed E-state index contributed by atoms with van der Waals surface area (Å²) < 4.78 is 33.9. The number of hydrazone groups is 1. The first-order chi connectivity index (χ1) is 18.7. The van der Waals surface area contributed by atoms with Gasteiger partial charge in [0.25, 0.3) is 0 Å². The number of carbonyl (C=O) groups is 2. The second-order valence-electron chi connectivity index (χ2n) is 8.18. The second-order valence-corrected chi connectivity index (χ2v) is 11.0. The van der Waals surface area contributed by atoms with Crippen molar-refractivity contribution >= 4 is 56.9 Å². The first-order valence-electron chi connectivity index (χ1n) is 11.5. The third-order valence-corrected chi connectivity index (χ3v) is 7.64. The van der Waals surface area contributed by atoms with E-state index in [1.54, 1.807) is 36.4 Å². The average molecular weight is 585 g/mol. The Hall–Kier alpha value is -3.96. The van der Waals surface area contributed by atoms with Gasteiger partial charge in [-0.2, -0.15) is 9.41 Å². The fourth-order valence-electron chi connectivity index (χ4n) is 3.42. The molecule has 0 saturated heterocycles. The van der Waals surface area contributed by atoms with Crippen LogP contribution >= 0.6 is 23.2 Å². The number of halogens is 2. The molecule has 0 bridgehead atoms. The first kappa shape index (κ1) is 28.1. The van der Waals surface area contributed by atoms with Gasteiger partial charge in [-0.25, -0.2) is 13.8 Å². The minimum Gasteiger partial charge on any atom is -0.459 e. The maximum absolute atomic E-state index is 13.4. The zero-order valence-corrected chi connectivity index (χ0v) is 22.6. The van der Waals surface area contributed by atoms with Crippen LogP contribution in [0.4, 0.5) is 5.69 Å². The molecule has 0 spiro atoms. The van der Waals surface area contributed by atoms with Crippen molar-refractivity contribution in [3.63, 3.8) is 0 Å². The SMILES string of the molecule is O=C(N/N=C/c1ccc(CN(Cc2ccccc2)S(=O)(=O)c2ccc(Cl)cc2)o1)C(=O)Nc1ccc(Cl)cc1. The van der Waals surface area contributed by atoms with Crippen molar-refractivity contribution < 1.29 is 22.4 Å². The zero-order valence-electron chi connectivity index (χ0n) is 20.3. The van der Waals surface area contributed by atoms with Gasteiger partial charge in [0.1, 0.15) is 11.5 Å². The van der Waals surface area contributed by atoms with Gasteiger partial charge in [-0.05, 0) is 66.2 Å². The number of hydrogen-bond acceptors (Lipinski definition) is 6. The van der Waals surface area contributed by atoms with Crippen molar-refractivity contribution in [2.75, 3.05) is 5.32 Å². The summed E-state index contributed by atoms with van der Waals surface area (Å²) in [6, 6.07) is 24.5. The van der Waals surface area contributed by atoms with Crippen molar-refractivity contribution in [2.45, 2.75) is 18.0 Å². The number of sulfonamides is 1. The van der Waals surface area contributed by atoms with E-state index in [1.807, 2.05) is 30.3 Å². The second kappa shape index (κ2) is 12.7. The van der Waals surface area contributed by atoms with E-state index in [4.69, 9.17) is 27.6 Å². The van der Waals surface area contributed by atoms with Crippen LogP contribution in [0.15, 0.2) is 105 Å². The number of nitrogens with zero attached hydrogens (tertiary/aromatic N) is 2. The van der Waals surface area contributed by atoms with Gasteiger partial charge < -0.3 is 9.73 Å². The molecule has 12 heteroatoms. The Bertz CT molecular complexity index is 1570. The monoisotopic (exact) mass is 584 g/mol. The maximum Gasteiger partial charge on any atom is 0.329 e. The molecule has 2 amide bonds. The highest BCUT2D eigenvalue weighted by atomic mass is 35.5. The van der Waals surface area contributed by atoms with E-state index in [0.29, 0.717) is 21.5 Å². The highest BCUT2D eigenvalue weighted by Crippen LogP contribution is 2.23. The standard InChI is InChI=1S/C27H22Cl2N4O5S/c28-20-6-10-22(11-7-20)31-26(34)27(35)32-30-16-23-12-13-24(38-23)18-33(17-19-4-2-1-3-5-19)39(36,37)25-14-8-21(29)9-15-25/h1-16H,17-18H2,(H,31,34)(H,32,35)/b30-16+. The molecule has 1 aromatic heterocycles. The zero-order chi connectivity index (χ0) is 27.8. The van der Waals surface area contributed by atoms with Crippen LogP contribution in [0.25, 0.3) is 0 Å². The highest BCUT2D eigenvalue weighted by molar-refractivity contribution is 7.89. The number of nitrogens with one attached hydrogen (secondary N) is 2. The van der Waals surface area contributed by atoms with Crippen LogP contribution in [-0.2, 0) is 32.7 Å². The topological polar surface area (TPSA) is 121 Å². The Morgan fingerprint density at radius 3 is 2.13 bits per heavy atom. The molecular weight excluding hydrogens is 563 g/mol. The summed E-state index contributed by atoms with van der Waals surface area (Å²) in [6.45, 7) is 0.0399. The molecular formula is C27H22Cl2N4O5S. The molecule has 4 aromatic rings. The number of anilines is 1. The van der Waals surface area contributed by atoms with Gasteiger partial charge in [0.2, 0.25) is 10.0 Å². The Morgan fingerprint density at radius 2 is 1.46 bits per heavy atom. The molecule has 0 aliphatic carbocycles. The molecule has 3 aromatic carbocycles. The van der Waals surface area contributed by atoms with E-state index in [0.717, 1.165) is 5.56 Å². The van der Waals surface area contributed by atoms with E-state index in [9.17, 15) is 18.0 Å². The van der Waals surface area contributed by atoms with Gasteiger partial charge in [-0.3, -0.25) is 9.59 Å². The van der Waals surface area contributed by atoms with E-state index < -0.39 is 21.8 Å². The molecule has 0 unspecified atom stereocenters. The molecule has 9 nitrogen and oxygen atoms in total. The van der Waals surface area contributed by atoms with Crippen molar-refractivity contribution in [2.24, 2.45) is 5.10 Å². The summed E-state index contributed by atoms with van der Waals surface area (Å²) >= 11 is 11.7. The smallest absolute Gasteiger partial charge is 0.329 e. The molecule has 0 aliphatic heterocycles. The molecule has 0 saturated carbocycles. The van der Waals surface area contributed by atoms with Crippen molar-refractivity contribution in [3.8, 4) is 0 Å². The normalized spacial score (nSPS) is 11.6. The van der Waals surface area contributed by atoms with Crippen LogP contribution in [0.1, 0.15) is 17.1 Å². The number of rotatable bonds is 9. The number of amides is 2. The van der Waals surface area contributed by atoms with Crippen LogP contribution in [-0.4, -0.2) is 30.8 Å². The van der Waals surface area contributed by atoms with E-state index in [1.165, 1.54) is 34.8 Å². The summed E-state index contributed by atoms with van der Waals surface area (Å²) in [5.41, 5.74) is 3.30. The Kier molecular flexibility index (Phi) is 9.15. The van der Waals surface area contributed by atoms with Gasteiger partial charge in [0.05, 0.1) is 17.7 Å². The summed E-state index contributed by atoms with van der Waals surface area (Å²) in [5, 5.41) is 7.07. The summed E-state index contributed by atoms with van der Waals surface area (Å²) in [4.78, 5) is 24.1. The van der Waals surface area contributed by atoms with Crippen LogP contribution < -0.4 is 10.7 Å². The van der Waals surface area contributed by atoms with Gasteiger partial charge in [-0.1, -0.05) is 53.5 Å². The lowest BCUT2D eigenvalue weighted by molar-refractivity contribution is -0.136. The number of carbonyl (C=O) groups excluding carboxylic acids is 2. The van der Waals surface area contributed by atoms with Gasteiger partial charge in [-0.15, -0.1) is 0 Å². The Labute approximate surface area is 235 Å². The predicted octanol–water partition coefficient (Wildman–Crippen LogP) is 5.07. The summed E-state index contributed by atoms with van der Waals surface area (Å²) in [6.07, 6.45) is 1.20. The maximum atomic E-state index is 13.4. The van der Waals surface area contributed by atoms with E-state index in [2.05, 4.69) is 15.8 Å². The molecule has 4 rings (SSSR count). The predicted molar refractivity (Wildman–Crippen MR) is 149 cm³/mol. The lowest BCUT2D eigenvalue weighted by Gasteiger charge is -2.21. The van der Waals surface area contributed by atoms with E-state index in [-0.39, 0.29) is 23.7 Å². The largest absolute Gasteiger partial charge is 0.459 e. The van der Waals surface area contributed by atoms with Crippen LogP contribution in [0.3, 0.4) is 0 Å². The van der Waals surface area contributed by atoms with Crippen molar-refractivity contribution in [1.29, 1.82) is 0 Å². The quantitative estimate of drug-likeness (QED) is 0.162. The average Bonchev–Trinajstić information content (AvgIpc) is 3.37. The molecule has 39 heavy (non-hydrogen) atoms. The van der Waals surface area contributed by atoms with Crippen LogP contribution in [0.2, 0.25) is 10.0 Å². The molecule has 0 fully saturated rings. The molecule has 0 radical (unpaired) electrons. The van der Waals surface area contributed by atoms with Crippen LogP contribution in [0, 0.1) is 0 Å². The number of furan rings is 1. The number of benzene rings is 3. The van der Waals surface area contributed by atoms with E-state index >= 15 is 0 Å².